The van der Waals surface area contributed by atoms with Gasteiger partial charge in [-0.2, -0.15) is 13.2 Å². The Morgan fingerprint density at radius 1 is 0.692 bits per heavy atom. The van der Waals surface area contributed by atoms with E-state index in [1.54, 1.807) is 18.4 Å². The number of aromatic nitrogens is 2. The molecule has 0 unspecified atom stereocenters. The third-order valence-corrected chi connectivity index (χ3v) is 7.26. The average molecular weight is 730 g/mol. The van der Waals surface area contributed by atoms with Crippen molar-refractivity contribution in [1.29, 1.82) is 0 Å². The Balaban J connectivity index is 0.000000303. The molecule has 0 saturated carbocycles. The third kappa shape index (κ3) is 7.74. The Labute approximate surface area is 247 Å². The fourth-order valence-corrected chi connectivity index (χ4v) is 5.21. The van der Waals surface area contributed by atoms with Gasteiger partial charge in [0.2, 0.25) is 11.4 Å². The van der Waals surface area contributed by atoms with Crippen molar-refractivity contribution in [2.24, 2.45) is 14.1 Å². The number of alkyl halides is 3. The summed E-state index contributed by atoms with van der Waals surface area (Å²) in [5, 5.41) is 2.14. The number of benzene rings is 2. The second-order valence-corrected chi connectivity index (χ2v) is 9.85. The Morgan fingerprint density at radius 3 is 1.95 bits per heavy atom. The fourth-order valence-electron chi connectivity index (χ4n) is 4.21. The van der Waals surface area contributed by atoms with Gasteiger partial charge in [-0.1, -0.05) is 49.9 Å². The van der Waals surface area contributed by atoms with Crippen LogP contribution in [0, 0.1) is 13.8 Å². The van der Waals surface area contributed by atoms with Gasteiger partial charge < -0.3 is 0 Å². The number of thiophene rings is 1. The van der Waals surface area contributed by atoms with E-state index in [2.05, 4.69) is 54.4 Å². The van der Waals surface area contributed by atoms with E-state index < -0.39 is 11.7 Å². The van der Waals surface area contributed by atoms with E-state index >= 15 is 0 Å². The number of rotatable bonds is 3. The van der Waals surface area contributed by atoms with Crippen molar-refractivity contribution in [3.8, 4) is 33.0 Å². The average Bonchev–Trinajstić information content (AvgIpc) is 3.30. The summed E-state index contributed by atoms with van der Waals surface area (Å²) >= 11 is 1.80. The molecule has 5 rings (SSSR count). The summed E-state index contributed by atoms with van der Waals surface area (Å²) in [4.78, 5) is 1.36. The molecule has 0 N–H and O–H groups in total. The van der Waals surface area contributed by atoms with Crippen LogP contribution in [-0.2, 0) is 41.3 Å². The Hall–Kier alpha value is -3.08. The topological polar surface area (TPSA) is 7.76 Å². The number of aryl methyl sites for hydroxylation is 4. The minimum absolute atomic E-state index is 0. The Kier molecular flexibility index (Phi) is 11.4. The zero-order valence-corrected chi connectivity index (χ0v) is 24.7. The Bertz CT molecular complexity index is 1510. The number of nitrogens with zero attached hydrogens (tertiary/aromatic N) is 2. The molecular weight excluding hydrogens is 697 g/mol. The molecular formula is C32H33F3N2PtS+2. The predicted molar refractivity (Wildman–Crippen MR) is 151 cm³/mol. The first-order valence-corrected chi connectivity index (χ1v) is 12.8. The summed E-state index contributed by atoms with van der Waals surface area (Å²) in [6, 6.07) is 27.1. The number of halogens is 3. The molecule has 0 bridgehead atoms. The monoisotopic (exact) mass is 729 g/mol. The zero-order valence-electron chi connectivity index (χ0n) is 21.6. The van der Waals surface area contributed by atoms with Crippen LogP contribution in [-0.4, -0.2) is 0 Å². The molecule has 0 radical (unpaired) electrons. The van der Waals surface area contributed by atoms with Crippen LogP contribution in [0.5, 0.6) is 0 Å². The van der Waals surface area contributed by atoms with Crippen molar-refractivity contribution in [3.63, 3.8) is 0 Å². The van der Waals surface area contributed by atoms with E-state index in [4.69, 9.17) is 0 Å². The number of hydrogen-bond acceptors (Lipinski definition) is 1. The van der Waals surface area contributed by atoms with Crippen molar-refractivity contribution >= 4 is 11.3 Å². The van der Waals surface area contributed by atoms with Crippen LogP contribution in [0.2, 0.25) is 0 Å². The first-order chi connectivity index (χ1) is 17.6. The smallest absolute Gasteiger partial charge is 0.200 e. The van der Waals surface area contributed by atoms with Crippen molar-refractivity contribution in [3.05, 3.63) is 119 Å². The first-order valence-electron chi connectivity index (χ1n) is 11.9. The van der Waals surface area contributed by atoms with Crippen molar-refractivity contribution in [1.82, 2.24) is 0 Å². The molecule has 3 heterocycles. The van der Waals surface area contributed by atoms with Crippen LogP contribution in [0.25, 0.3) is 33.0 Å². The van der Waals surface area contributed by atoms with Crippen LogP contribution < -0.4 is 9.13 Å². The van der Waals surface area contributed by atoms with Crippen molar-refractivity contribution < 1.29 is 43.4 Å². The van der Waals surface area contributed by atoms with Gasteiger partial charge >= 0.3 is 6.18 Å². The van der Waals surface area contributed by atoms with E-state index in [9.17, 15) is 13.2 Å². The second kappa shape index (κ2) is 13.8. The molecule has 0 atom stereocenters. The largest absolute Gasteiger partial charge is 0.422 e. The Morgan fingerprint density at radius 2 is 1.38 bits per heavy atom. The number of hydrogen-bond donors (Lipinski definition) is 0. The van der Waals surface area contributed by atoms with Gasteiger partial charge in [0.1, 0.15) is 24.5 Å². The fraction of sp³-hybridized carbons (Fsp3) is 0.188. The zero-order chi connectivity index (χ0) is 26.6. The van der Waals surface area contributed by atoms with Crippen LogP contribution in [0.15, 0.2) is 103 Å². The van der Waals surface area contributed by atoms with E-state index in [1.165, 1.54) is 26.8 Å². The molecule has 0 amide bonds. The minimum Gasteiger partial charge on any atom is -0.200 e. The molecule has 2 nitrogen and oxygen atoms in total. The van der Waals surface area contributed by atoms with Gasteiger partial charge in [0, 0.05) is 44.8 Å². The van der Waals surface area contributed by atoms with Gasteiger partial charge in [0.25, 0.3) is 0 Å². The van der Waals surface area contributed by atoms with E-state index in [1.807, 2.05) is 55.5 Å². The van der Waals surface area contributed by atoms with E-state index in [0.717, 1.165) is 40.2 Å². The van der Waals surface area contributed by atoms with E-state index in [-0.39, 0.29) is 28.5 Å². The molecule has 3 aromatic heterocycles. The van der Waals surface area contributed by atoms with Crippen molar-refractivity contribution in [2.45, 2.75) is 27.5 Å². The maximum Gasteiger partial charge on any atom is 0.422 e. The molecule has 2 aromatic carbocycles. The SMILES string of the molecule is C.Cc1cc(-c2ccccc2)ccc1-c1ccc(C(F)(F)F)c[n+]1C.Cc1ccsc1-c1cccc[n+]1C.[Pt]. The van der Waals surface area contributed by atoms with Crippen LogP contribution in [0.3, 0.4) is 0 Å². The quantitative estimate of drug-likeness (QED) is 0.165. The number of pyridine rings is 2. The predicted octanol–water partition coefficient (Wildman–Crippen LogP) is 8.35. The van der Waals surface area contributed by atoms with E-state index in [0.29, 0.717) is 0 Å². The van der Waals surface area contributed by atoms with Gasteiger partial charge in [0.15, 0.2) is 12.4 Å². The molecule has 0 fully saturated rings. The second-order valence-electron chi connectivity index (χ2n) is 8.94. The van der Waals surface area contributed by atoms with Gasteiger partial charge in [-0.15, -0.1) is 11.3 Å². The minimum atomic E-state index is -4.33. The van der Waals surface area contributed by atoms with Gasteiger partial charge in [-0.05, 0) is 65.7 Å². The molecule has 0 aliphatic rings. The van der Waals surface area contributed by atoms with Crippen LogP contribution >= 0.6 is 11.3 Å². The maximum atomic E-state index is 12.8. The standard InChI is InChI=1S/C20H17F3N.C11H12NS.CH4.Pt/c1-14-12-16(15-6-4-3-5-7-15)8-10-18(14)19-11-9-17(13-24(19)2)20(21,22)23;1-9-6-8-13-11(9)10-5-3-4-7-12(10)2;;/h3-13H,1-2H3;3-8H,1-2H3;1H4;/q2*+1;;. The third-order valence-electron chi connectivity index (χ3n) is 6.22. The summed E-state index contributed by atoms with van der Waals surface area (Å²) in [5.74, 6) is 0. The maximum absolute atomic E-state index is 12.8. The first kappa shape index (κ1) is 32.1. The van der Waals surface area contributed by atoms with Gasteiger partial charge in [-0.3, -0.25) is 0 Å². The molecule has 7 heteroatoms. The summed E-state index contributed by atoms with van der Waals surface area (Å²) in [7, 11) is 3.71. The van der Waals surface area contributed by atoms with Gasteiger partial charge in [-0.25, -0.2) is 9.13 Å². The molecule has 39 heavy (non-hydrogen) atoms. The molecule has 0 spiro atoms. The summed E-state index contributed by atoms with van der Waals surface area (Å²) in [5.41, 5.74) is 6.89. The van der Waals surface area contributed by atoms with Crippen molar-refractivity contribution in [2.75, 3.05) is 0 Å². The normalized spacial score (nSPS) is 10.5. The molecule has 0 aliphatic carbocycles. The molecule has 5 aromatic rings. The summed E-state index contributed by atoms with van der Waals surface area (Å²) < 4.78 is 42.1. The summed E-state index contributed by atoms with van der Waals surface area (Å²) in [6.07, 6.45) is -1.13. The van der Waals surface area contributed by atoms with Gasteiger partial charge in [0.05, 0.1) is 0 Å². The van der Waals surface area contributed by atoms with Crippen LogP contribution in [0.1, 0.15) is 24.1 Å². The van der Waals surface area contributed by atoms with Crippen LogP contribution in [0.4, 0.5) is 13.2 Å². The summed E-state index contributed by atoms with van der Waals surface area (Å²) in [6.45, 7) is 4.12. The molecule has 0 saturated heterocycles. The molecule has 0 aliphatic heterocycles. The molecule has 206 valence electrons.